The fourth-order valence-corrected chi connectivity index (χ4v) is 5.17. The molecule has 9 heteroatoms. The molecule has 0 atom stereocenters. The number of benzene rings is 3. The zero-order valence-electron chi connectivity index (χ0n) is 23.5. The van der Waals surface area contributed by atoms with E-state index in [9.17, 15) is 22.8 Å². The Morgan fingerprint density at radius 2 is 1.61 bits per heavy atom. The summed E-state index contributed by atoms with van der Waals surface area (Å²) >= 11 is 0. The number of carbonyl (C=O) groups excluding carboxylic acids is 2. The number of alkyl halides is 3. The van der Waals surface area contributed by atoms with Crippen LogP contribution in [0, 0.1) is 0 Å². The molecule has 0 saturated carbocycles. The first kappa shape index (κ1) is 28.5. The summed E-state index contributed by atoms with van der Waals surface area (Å²) in [5.74, 6) is 0.429. The third-order valence-corrected chi connectivity index (χ3v) is 8.21. The Hall–Kier alpha value is -4.01. The Morgan fingerprint density at radius 1 is 0.902 bits per heavy atom. The molecule has 1 saturated heterocycles. The standard InChI is InChI=1S/C32H34F3N3O3/c1-4-31(2,3)24-12-13-28-27(19-24)38(29(39)21-41-28)20-22-8-10-23(11-9-22)30(40)37-16-14-36(15-17-37)26-7-5-6-25(18-26)32(33,34)35/h5-13,18-19H,4,14-17,20-21H2,1-3H3. The minimum Gasteiger partial charge on any atom is -0.482 e. The molecule has 3 aromatic rings. The summed E-state index contributed by atoms with van der Waals surface area (Å²) in [5, 5.41) is 0. The second kappa shape index (κ2) is 11.1. The molecule has 2 amide bonds. The van der Waals surface area contributed by atoms with Crippen molar-refractivity contribution in [2.75, 3.05) is 42.6 Å². The maximum atomic E-state index is 13.2. The van der Waals surface area contributed by atoms with Crippen molar-refractivity contribution in [2.45, 2.75) is 45.3 Å². The number of ether oxygens (including phenoxy) is 1. The highest BCUT2D eigenvalue weighted by Gasteiger charge is 2.32. The molecule has 0 bridgehead atoms. The van der Waals surface area contributed by atoms with E-state index in [1.165, 1.54) is 6.07 Å². The highest BCUT2D eigenvalue weighted by Crippen LogP contribution is 2.38. The number of carbonyl (C=O) groups is 2. The molecule has 1 fully saturated rings. The lowest BCUT2D eigenvalue weighted by molar-refractivity contribution is -0.137. The van der Waals surface area contributed by atoms with Gasteiger partial charge in [-0.2, -0.15) is 13.2 Å². The maximum absolute atomic E-state index is 13.2. The molecule has 2 aliphatic heterocycles. The van der Waals surface area contributed by atoms with Gasteiger partial charge >= 0.3 is 6.18 Å². The molecule has 216 valence electrons. The topological polar surface area (TPSA) is 53.1 Å². The van der Waals surface area contributed by atoms with Gasteiger partial charge in [0.25, 0.3) is 11.8 Å². The third kappa shape index (κ3) is 6.04. The molecule has 0 spiro atoms. The van der Waals surface area contributed by atoms with Crippen LogP contribution >= 0.6 is 0 Å². The van der Waals surface area contributed by atoms with Gasteiger partial charge in [-0.25, -0.2) is 0 Å². The molecule has 0 aliphatic carbocycles. The number of amides is 2. The Labute approximate surface area is 238 Å². The number of halogens is 3. The van der Waals surface area contributed by atoms with Crippen molar-refractivity contribution in [2.24, 2.45) is 0 Å². The minimum absolute atomic E-state index is 0.0213. The van der Waals surface area contributed by atoms with Crippen LogP contribution in [0.15, 0.2) is 66.7 Å². The van der Waals surface area contributed by atoms with Gasteiger partial charge in [-0.05, 0) is 65.4 Å². The number of nitrogens with zero attached hydrogens (tertiary/aromatic N) is 3. The lowest BCUT2D eigenvalue weighted by atomic mass is 9.82. The monoisotopic (exact) mass is 565 g/mol. The van der Waals surface area contributed by atoms with Crippen LogP contribution in [-0.2, 0) is 22.9 Å². The Balaban J connectivity index is 1.24. The molecular formula is C32H34F3N3O3. The molecule has 0 N–H and O–H groups in total. The third-order valence-electron chi connectivity index (χ3n) is 8.21. The van der Waals surface area contributed by atoms with Crippen molar-refractivity contribution in [3.63, 3.8) is 0 Å². The quantitative estimate of drug-likeness (QED) is 0.353. The Kier molecular flexibility index (Phi) is 7.72. The fourth-order valence-electron chi connectivity index (χ4n) is 5.17. The largest absolute Gasteiger partial charge is 0.482 e. The summed E-state index contributed by atoms with van der Waals surface area (Å²) in [4.78, 5) is 31.4. The number of piperazine rings is 1. The van der Waals surface area contributed by atoms with E-state index in [0.29, 0.717) is 49.7 Å². The van der Waals surface area contributed by atoms with Gasteiger partial charge < -0.3 is 19.4 Å². The van der Waals surface area contributed by atoms with Gasteiger partial charge in [0.1, 0.15) is 5.75 Å². The minimum atomic E-state index is -4.40. The van der Waals surface area contributed by atoms with E-state index >= 15 is 0 Å². The van der Waals surface area contributed by atoms with Crippen molar-refractivity contribution in [1.29, 1.82) is 0 Å². The van der Waals surface area contributed by atoms with Crippen LogP contribution in [0.2, 0.25) is 0 Å². The molecular weight excluding hydrogens is 531 g/mol. The molecule has 0 aromatic heterocycles. The van der Waals surface area contributed by atoms with Crippen molar-refractivity contribution in [1.82, 2.24) is 4.90 Å². The second-order valence-corrected chi connectivity index (χ2v) is 11.2. The molecule has 0 unspecified atom stereocenters. The summed E-state index contributed by atoms with van der Waals surface area (Å²) in [6.07, 6.45) is -3.44. The van der Waals surface area contributed by atoms with Gasteiger partial charge in [0, 0.05) is 37.4 Å². The summed E-state index contributed by atoms with van der Waals surface area (Å²) in [7, 11) is 0. The van der Waals surface area contributed by atoms with Crippen molar-refractivity contribution < 1.29 is 27.5 Å². The fraction of sp³-hybridized carbons (Fsp3) is 0.375. The first-order valence-electron chi connectivity index (χ1n) is 13.8. The molecule has 41 heavy (non-hydrogen) atoms. The molecule has 2 aliphatic rings. The summed E-state index contributed by atoms with van der Waals surface area (Å²) in [6, 6.07) is 18.5. The molecule has 0 radical (unpaired) electrons. The predicted molar refractivity (Wildman–Crippen MR) is 152 cm³/mol. The smallest absolute Gasteiger partial charge is 0.416 e. The lowest BCUT2D eigenvalue weighted by Gasteiger charge is -2.36. The lowest BCUT2D eigenvalue weighted by Crippen LogP contribution is -2.48. The number of hydrogen-bond acceptors (Lipinski definition) is 4. The highest BCUT2D eigenvalue weighted by atomic mass is 19.4. The van der Waals surface area contributed by atoms with Gasteiger partial charge in [-0.15, -0.1) is 0 Å². The molecule has 5 rings (SSSR count). The predicted octanol–water partition coefficient (Wildman–Crippen LogP) is 6.28. The van der Waals surface area contributed by atoms with E-state index in [-0.39, 0.29) is 23.8 Å². The number of fused-ring (bicyclic) bond motifs is 1. The second-order valence-electron chi connectivity index (χ2n) is 11.2. The molecule has 2 heterocycles. The molecule has 6 nitrogen and oxygen atoms in total. The van der Waals surface area contributed by atoms with E-state index in [4.69, 9.17) is 4.74 Å². The first-order valence-corrected chi connectivity index (χ1v) is 13.8. The maximum Gasteiger partial charge on any atom is 0.416 e. The number of rotatable bonds is 6. The van der Waals surface area contributed by atoms with E-state index in [2.05, 4.69) is 26.8 Å². The van der Waals surface area contributed by atoms with Gasteiger partial charge in [0.2, 0.25) is 0 Å². The summed E-state index contributed by atoms with van der Waals surface area (Å²) in [5.41, 5.74) is 3.08. The van der Waals surface area contributed by atoms with Crippen LogP contribution in [0.25, 0.3) is 0 Å². The van der Waals surface area contributed by atoms with Crippen LogP contribution < -0.4 is 14.5 Å². The number of hydrogen-bond donors (Lipinski definition) is 0. The van der Waals surface area contributed by atoms with E-state index in [1.807, 2.05) is 29.2 Å². The average Bonchev–Trinajstić information content (AvgIpc) is 2.98. The van der Waals surface area contributed by atoms with Crippen LogP contribution in [0.3, 0.4) is 0 Å². The Bertz CT molecular complexity index is 1430. The normalized spacial score (nSPS) is 16.0. The van der Waals surface area contributed by atoms with Gasteiger partial charge in [0.15, 0.2) is 6.61 Å². The zero-order valence-corrected chi connectivity index (χ0v) is 23.5. The van der Waals surface area contributed by atoms with Crippen LogP contribution in [0.5, 0.6) is 5.75 Å². The summed E-state index contributed by atoms with van der Waals surface area (Å²) < 4.78 is 45.0. The molecule has 3 aromatic carbocycles. The van der Waals surface area contributed by atoms with Crippen LogP contribution in [0.1, 0.15) is 54.2 Å². The zero-order chi connectivity index (χ0) is 29.4. The summed E-state index contributed by atoms with van der Waals surface area (Å²) in [6.45, 7) is 8.52. The van der Waals surface area contributed by atoms with Crippen molar-refractivity contribution >= 4 is 23.2 Å². The van der Waals surface area contributed by atoms with Gasteiger partial charge in [0.05, 0.1) is 17.8 Å². The first-order chi connectivity index (χ1) is 19.5. The van der Waals surface area contributed by atoms with E-state index in [1.54, 1.807) is 28.0 Å². The average molecular weight is 566 g/mol. The Morgan fingerprint density at radius 3 is 2.27 bits per heavy atom. The van der Waals surface area contributed by atoms with Gasteiger partial charge in [-0.1, -0.05) is 45.0 Å². The van der Waals surface area contributed by atoms with Gasteiger partial charge in [-0.3, -0.25) is 9.59 Å². The van der Waals surface area contributed by atoms with Crippen LogP contribution in [0.4, 0.5) is 24.5 Å². The van der Waals surface area contributed by atoms with E-state index < -0.39 is 11.7 Å². The van der Waals surface area contributed by atoms with Crippen LogP contribution in [-0.4, -0.2) is 49.5 Å². The van der Waals surface area contributed by atoms with E-state index in [0.717, 1.165) is 35.4 Å². The van der Waals surface area contributed by atoms with Crippen molar-refractivity contribution in [3.05, 3.63) is 89.0 Å². The highest BCUT2D eigenvalue weighted by molar-refractivity contribution is 5.98. The number of anilines is 2. The SMILES string of the molecule is CCC(C)(C)c1ccc2c(c1)N(Cc1ccc(C(=O)N3CCN(c4cccc(C(F)(F)F)c4)CC3)cc1)C(=O)CO2. The van der Waals surface area contributed by atoms with Crippen molar-refractivity contribution in [3.8, 4) is 5.75 Å².